The highest BCUT2D eigenvalue weighted by atomic mass is 16.2. The smallest absolute Gasteiger partial charge is 0.223 e. The number of hydrogen-bond donors (Lipinski definition) is 0. The van der Waals surface area contributed by atoms with Crippen molar-refractivity contribution in [1.29, 1.82) is 0 Å². The Balaban J connectivity index is 1.35. The fourth-order valence-corrected chi connectivity index (χ4v) is 3.73. The van der Waals surface area contributed by atoms with E-state index in [1.165, 1.54) is 5.56 Å². The molecule has 3 heterocycles. The Labute approximate surface area is 171 Å². The predicted molar refractivity (Wildman–Crippen MR) is 112 cm³/mol. The third kappa shape index (κ3) is 4.45. The van der Waals surface area contributed by atoms with Crippen LogP contribution in [0.3, 0.4) is 0 Å². The van der Waals surface area contributed by atoms with Gasteiger partial charge >= 0.3 is 0 Å². The van der Waals surface area contributed by atoms with Gasteiger partial charge in [0.15, 0.2) is 5.82 Å². The summed E-state index contributed by atoms with van der Waals surface area (Å²) < 4.78 is 1.84. The molecule has 2 aromatic heterocycles. The van der Waals surface area contributed by atoms with E-state index in [4.69, 9.17) is 0 Å². The number of carbonyl (C=O) groups is 1. The summed E-state index contributed by atoms with van der Waals surface area (Å²) in [5.74, 6) is 1.86. The molecule has 1 fully saturated rings. The van der Waals surface area contributed by atoms with Crippen LogP contribution in [0.1, 0.15) is 23.4 Å². The highest BCUT2D eigenvalue weighted by molar-refractivity contribution is 5.76. The van der Waals surface area contributed by atoms with Crippen molar-refractivity contribution in [3.63, 3.8) is 0 Å². The Morgan fingerprint density at radius 1 is 0.966 bits per heavy atom. The Morgan fingerprint density at radius 3 is 2.38 bits per heavy atom. The lowest BCUT2D eigenvalue weighted by Crippen LogP contribution is -2.49. The number of rotatable bonds is 5. The Morgan fingerprint density at radius 2 is 1.69 bits per heavy atom. The van der Waals surface area contributed by atoms with Crippen LogP contribution in [0.4, 0.5) is 5.82 Å². The normalized spacial score (nSPS) is 14.3. The Hall–Kier alpha value is -3.22. The molecule has 1 aliphatic heterocycles. The number of aromatic nitrogens is 4. The Kier molecular flexibility index (Phi) is 5.55. The zero-order valence-corrected chi connectivity index (χ0v) is 17.0. The summed E-state index contributed by atoms with van der Waals surface area (Å²) in [4.78, 5) is 25.5. The molecule has 0 N–H and O–H groups in total. The topological polar surface area (TPSA) is 67.2 Å². The van der Waals surface area contributed by atoms with E-state index >= 15 is 0 Å². The maximum absolute atomic E-state index is 12.6. The molecule has 4 rings (SSSR count). The van der Waals surface area contributed by atoms with Gasteiger partial charge in [0.2, 0.25) is 5.91 Å². The molecule has 1 amide bonds. The largest absolute Gasteiger partial charge is 0.353 e. The average molecular weight is 390 g/mol. The van der Waals surface area contributed by atoms with Crippen LogP contribution >= 0.6 is 0 Å². The maximum atomic E-state index is 12.6. The van der Waals surface area contributed by atoms with Crippen LogP contribution < -0.4 is 4.90 Å². The molecule has 150 valence electrons. The summed E-state index contributed by atoms with van der Waals surface area (Å²) >= 11 is 0. The van der Waals surface area contributed by atoms with Gasteiger partial charge in [-0.1, -0.05) is 30.3 Å². The highest BCUT2D eigenvalue weighted by Crippen LogP contribution is 2.18. The van der Waals surface area contributed by atoms with E-state index in [0.717, 1.165) is 42.5 Å². The van der Waals surface area contributed by atoms with Crippen molar-refractivity contribution in [3.05, 3.63) is 65.7 Å². The van der Waals surface area contributed by atoms with E-state index in [1.54, 1.807) is 6.33 Å². The first-order valence-electron chi connectivity index (χ1n) is 10.0. The second-order valence-electron chi connectivity index (χ2n) is 7.43. The molecule has 7 nitrogen and oxygen atoms in total. The minimum Gasteiger partial charge on any atom is -0.353 e. The molecular weight excluding hydrogens is 364 g/mol. The molecule has 7 heteroatoms. The molecule has 0 aliphatic carbocycles. The summed E-state index contributed by atoms with van der Waals surface area (Å²) in [6, 6.07) is 14.2. The zero-order valence-electron chi connectivity index (χ0n) is 17.0. The predicted octanol–water partition coefficient (Wildman–Crippen LogP) is 2.56. The first-order valence-corrected chi connectivity index (χ1v) is 10.0. The van der Waals surface area contributed by atoms with E-state index < -0.39 is 0 Å². The molecular formula is C22H26N6O. The standard InChI is InChI=1S/C22H26N6O/c1-17-14-18(2)28(25-17)21-15-20(23-16-24-21)26-10-12-27(13-11-26)22(29)9-8-19-6-4-3-5-7-19/h3-7,14-16H,8-13H2,1-2H3. The second-order valence-corrected chi connectivity index (χ2v) is 7.43. The van der Waals surface area contributed by atoms with Crippen molar-refractivity contribution in [2.75, 3.05) is 31.1 Å². The van der Waals surface area contributed by atoms with Gasteiger partial charge in [-0.05, 0) is 31.9 Å². The minimum atomic E-state index is 0.222. The monoisotopic (exact) mass is 390 g/mol. The van der Waals surface area contributed by atoms with Crippen LogP contribution in [0.15, 0.2) is 48.8 Å². The SMILES string of the molecule is Cc1cc(C)n(-c2cc(N3CCN(C(=O)CCc4ccccc4)CC3)ncn2)n1. The summed E-state index contributed by atoms with van der Waals surface area (Å²) in [5.41, 5.74) is 3.21. The van der Waals surface area contributed by atoms with Crippen molar-refractivity contribution >= 4 is 11.7 Å². The van der Waals surface area contributed by atoms with Gasteiger partial charge in [-0.15, -0.1) is 0 Å². The number of benzene rings is 1. The molecule has 0 atom stereocenters. The third-order valence-corrected chi connectivity index (χ3v) is 5.29. The summed E-state index contributed by atoms with van der Waals surface area (Å²) in [7, 11) is 0. The van der Waals surface area contributed by atoms with Gasteiger partial charge in [-0.2, -0.15) is 5.10 Å². The van der Waals surface area contributed by atoms with Crippen LogP contribution in [-0.2, 0) is 11.2 Å². The van der Waals surface area contributed by atoms with Gasteiger partial charge in [0.05, 0.1) is 5.69 Å². The number of hydrogen-bond acceptors (Lipinski definition) is 5. The molecule has 3 aromatic rings. The number of piperazine rings is 1. The van der Waals surface area contributed by atoms with E-state index in [-0.39, 0.29) is 5.91 Å². The molecule has 0 bridgehead atoms. The summed E-state index contributed by atoms with van der Waals surface area (Å²) in [5, 5.41) is 4.50. The number of nitrogens with zero attached hydrogens (tertiary/aromatic N) is 6. The van der Waals surface area contributed by atoms with Gasteiger partial charge in [0, 0.05) is 44.4 Å². The van der Waals surface area contributed by atoms with E-state index in [1.807, 2.05) is 53.8 Å². The number of anilines is 1. The first-order chi connectivity index (χ1) is 14.1. The van der Waals surface area contributed by atoms with Crippen LogP contribution in [0.25, 0.3) is 5.82 Å². The van der Waals surface area contributed by atoms with E-state index in [2.05, 4.69) is 32.1 Å². The van der Waals surface area contributed by atoms with E-state index in [9.17, 15) is 4.79 Å². The number of amides is 1. The maximum Gasteiger partial charge on any atom is 0.223 e. The fraction of sp³-hybridized carbons (Fsp3) is 0.364. The molecule has 1 aliphatic rings. The van der Waals surface area contributed by atoms with Crippen molar-refractivity contribution in [2.45, 2.75) is 26.7 Å². The summed E-state index contributed by atoms with van der Waals surface area (Å²) in [6.07, 6.45) is 2.93. The minimum absolute atomic E-state index is 0.222. The molecule has 1 aromatic carbocycles. The van der Waals surface area contributed by atoms with Gasteiger partial charge in [0.25, 0.3) is 0 Å². The molecule has 29 heavy (non-hydrogen) atoms. The lowest BCUT2D eigenvalue weighted by molar-refractivity contribution is -0.131. The fourth-order valence-electron chi connectivity index (χ4n) is 3.73. The zero-order chi connectivity index (χ0) is 20.2. The van der Waals surface area contributed by atoms with Gasteiger partial charge in [-0.3, -0.25) is 4.79 Å². The van der Waals surface area contributed by atoms with Crippen LogP contribution in [0, 0.1) is 13.8 Å². The van der Waals surface area contributed by atoms with E-state index in [0.29, 0.717) is 19.5 Å². The lowest BCUT2D eigenvalue weighted by atomic mass is 10.1. The van der Waals surface area contributed by atoms with Crippen LogP contribution in [-0.4, -0.2) is 56.7 Å². The first kappa shape index (κ1) is 19.1. The van der Waals surface area contributed by atoms with Crippen molar-refractivity contribution in [3.8, 4) is 5.82 Å². The van der Waals surface area contributed by atoms with Crippen molar-refractivity contribution in [2.24, 2.45) is 0 Å². The quantitative estimate of drug-likeness (QED) is 0.670. The molecule has 0 saturated carbocycles. The van der Waals surface area contributed by atoms with Gasteiger partial charge in [-0.25, -0.2) is 14.6 Å². The summed E-state index contributed by atoms with van der Waals surface area (Å²) in [6.45, 7) is 6.95. The third-order valence-electron chi connectivity index (χ3n) is 5.29. The lowest BCUT2D eigenvalue weighted by Gasteiger charge is -2.35. The van der Waals surface area contributed by atoms with Gasteiger partial charge in [0.1, 0.15) is 12.1 Å². The molecule has 0 unspecified atom stereocenters. The second kappa shape index (κ2) is 8.43. The molecule has 0 spiro atoms. The average Bonchev–Trinajstić information content (AvgIpc) is 3.11. The molecule has 0 radical (unpaired) electrons. The number of aryl methyl sites for hydroxylation is 3. The van der Waals surface area contributed by atoms with Crippen molar-refractivity contribution < 1.29 is 4.79 Å². The van der Waals surface area contributed by atoms with Crippen LogP contribution in [0.2, 0.25) is 0 Å². The molecule has 1 saturated heterocycles. The van der Waals surface area contributed by atoms with Crippen molar-refractivity contribution in [1.82, 2.24) is 24.6 Å². The Bertz CT molecular complexity index is 976. The van der Waals surface area contributed by atoms with Gasteiger partial charge < -0.3 is 9.80 Å². The number of carbonyl (C=O) groups excluding carboxylic acids is 1. The highest BCUT2D eigenvalue weighted by Gasteiger charge is 2.22. The van der Waals surface area contributed by atoms with Crippen LogP contribution in [0.5, 0.6) is 0 Å².